The van der Waals surface area contributed by atoms with Crippen LogP contribution >= 0.6 is 23.4 Å². The molecule has 0 radical (unpaired) electrons. The smallest absolute Gasteiger partial charge is 0.287 e. The molecule has 0 unspecified atom stereocenters. The number of ether oxygens (including phenoxy) is 1. The SMILES string of the molecule is Cc1cc2nc(CSc3ccc(NC(=O)COc4ccc(Cl)cc4)cc3)cc(=O)n2o1. The number of anilines is 1. The van der Waals surface area contributed by atoms with Crippen LogP contribution in [-0.2, 0) is 10.5 Å². The van der Waals surface area contributed by atoms with Crippen LogP contribution in [0.1, 0.15) is 11.5 Å². The van der Waals surface area contributed by atoms with Gasteiger partial charge in [-0.05, 0) is 55.5 Å². The molecule has 0 aliphatic carbocycles. The van der Waals surface area contributed by atoms with Crippen LogP contribution in [-0.4, -0.2) is 22.1 Å². The third-order valence-electron chi connectivity index (χ3n) is 4.23. The molecule has 0 aliphatic rings. The van der Waals surface area contributed by atoms with Gasteiger partial charge in [-0.1, -0.05) is 11.6 Å². The van der Waals surface area contributed by atoms with Crippen molar-refractivity contribution in [2.75, 3.05) is 11.9 Å². The van der Waals surface area contributed by atoms with Crippen LogP contribution < -0.4 is 15.6 Å². The Morgan fingerprint density at radius 1 is 1.16 bits per heavy atom. The summed E-state index contributed by atoms with van der Waals surface area (Å²) in [5.41, 5.74) is 1.60. The molecular weight excluding hydrogens is 438 g/mol. The maximum atomic E-state index is 12.1. The highest BCUT2D eigenvalue weighted by atomic mass is 35.5. The first-order chi connectivity index (χ1) is 15.0. The Balaban J connectivity index is 1.30. The Hall–Kier alpha value is -3.23. The summed E-state index contributed by atoms with van der Waals surface area (Å²) in [7, 11) is 0. The van der Waals surface area contributed by atoms with Crippen molar-refractivity contribution in [3.63, 3.8) is 0 Å². The van der Waals surface area contributed by atoms with Gasteiger partial charge >= 0.3 is 0 Å². The van der Waals surface area contributed by atoms with Crippen LogP contribution in [0, 0.1) is 6.92 Å². The fourth-order valence-electron chi connectivity index (χ4n) is 2.82. The molecule has 0 saturated carbocycles. The molecule has 9 heteroatoms. The molecule has 0 aliphatic heterocycles. The Labute approximate surface area is 187 Å². The van der Waals surface area contributed by atoms with Crippen LogP contribution in [0.25, 0.3) is 5.65 Å². The number of fused-ring (bicyclic) bond motifs is 1. The van der Waals surface area contributed by atoms with Gasteiger partial charge in [0.05, 0.1) is 5.69 Å². The zero-order chi connectivity index (χ0) is 21.8. The number of hydrogen-bond acceptors (Lipinski definition) is 6. The van der Waals surface area contributed by atoms with E-state index in [1.165, 1.54) is 10.6 Å². The number of carbonyl (C=O) groups is 1. The minimum absolute atomic E-state index is 0.102. The van der Waals surface area contributed by atoms with E-state index in [1.54, 1.807) is 49.0 Å². The quantitative estimate of drug-likeness (QED) is 0.411. The van der Waals surface area contributed by atoms with Gasteiger partial charge in [-0.15, -0.1) is 16.3 Å². The number of rotatable bonds is 7. The van der Waals surface area contributed by atoms with Crippen LogP contribution in [0.2, 0.25) is 5.02 Å². The number of aromatic nitrogens is 2. The first-order valence-corrected chi connectivity index (χ1v) is 10.7. The monoisotopic (exact) mass is 455 g/mol. The Morgan fingerprint density at radius 3 is 2.65 bits per heavy atom. The van der Waals surface area contributed by atoms with Crippen molar-refractivity contribution in [1.29, 1.82) is 0 Å². The Kier molecular flexibility index (Phi) is 6.29. The summed E-state index contributed by atoms with van der Waals surface area (Å²) in [5.74, 6) is 1.48. The maximum absolute atomic E-state index is 12.1. The molecule has 31 heavy (non-hydrogen) atoms. The predicted octanol–water partition coefficient (Wildman–Crippen LogP) is 4.56. The summed E-state index contributed by atoms with van der Waals surface area (Å²) >= 11 is 7.37. The van der Waals surface area contributed by atoms with E-state index in [0.29, 0.717) is 39.3 Å². The number of halogens is 1. The predicted molar refractivity (Wildman–Crippen MR) is 120 cm³/mol. The lowest BCUT2D eigenvalue weighted by Gasteiger charge is -2.08. The highest BCUT2D eigenvalue weighted by molar-refractivity contribution is 7.98. The van der Waals surface area contributed by atoms with Crippen LogP contribution in [0.15, 0.2) is 74.9 Å². The molecule has 7 nitrogen and oxygen atoms in total. The van der Waals surface area contributed by atoms with Crippen molar-refractivity contribution in [2.24, 2.45) is 0 Å². The molecule has 0 saturated heterocycles. The van der Waals surface area contributed by atoms with Crippen molar-refractivity contribution in [3.8, 4) is 5.75 Å². The molecule has 4 aromatic rings. The Morgan fingerprint density at radius 2 is 1.90 bits per heavy atom. The molecule has 0 spiro atoms. The molecule has 158 valence electrons. The van der Waals surface area contributed by atoms with Crippen molar-refractivity contribution in [3.05, 3.63) is 87.5 Å². The molecule has 4 rings (SSSR count). The fraction of sp³-hybridized carbons (Fsp3) is 0.136. The van der Waals surface area contributed by atoms with Gasteiger partial charge in [-0.25, -0.2) is 4.98 Å². The third-order valence-corrected chi connectivity index (χ3v) is 5.53. The van der Waals surface area contributed by atoms with Gasteiger partial charge in [0.2, 0.25) is 0 Å². The van der Waals surface area contributed by atoms with E-state index in [9.17, 15) is 9.59 Å². The van der Waals surface area contributed by atoms with E-state index in [0.717, 1.165) is 4.90 Å². The van der Waals surface area contributed by atoms with Gasteiger partial charge in [0.1, 0.15) is 11.5 Å². The van der Waals surface area contributed by atoms with Crippen molar-refractivity contribution in [1.82, 2.24) is 9.56 Å². The lowest BCUT2D eigenvalue weighted by Crippen LogP contribution is -2.20. The molecular formula is C22H18ClN3O4S. The molecule has 1 amide bonds. The molecule has 0 atom stereocenters. The van der Waals surface area contributed by atoms with E-state index >= 15 is 0 Å². The molecule has 2 heterocycles. The number of thioether (sulfide) groups is 1. The largest absolute Gasteiger partial charge is 0.484 e. The number of carbonyl (C=O) groups excluding carboxylic acids is 1. The lowest BCUT2D eigenvalue weighted by atomic mass is 10.3. The van der Waals surface area contributed by atoms with Crippen molar-refractivity contribution >= 4 is 40.6 Å². The van der Waals surface area contributed by atoms with E-state index in [2.05, 4.69) is 10.3 Å². The maximum Gasteiger partial charge on any atom is 0.287 e. The minimum Gasteiger partial charge on any atom is -0.484 e. The average Bonchev–Trinajstić information content (AvgIpc) is 3.14. The average molecular weight is 456 g/mol. The first kappa shape index (κ1) is 21.0. The third kappa shape index (κ3) is 5.48. The molecule has 0 fully saturated rings. The van der Waals surface area contributed by atoms with Gasteiger partial charge in [-0.3, -0.25) is 9.59 Å². The van der Waals surface area contributed by atoms with Crippen LogP contribution in [0.5, 0.6) is 5.75 Å². The highest BCUT2D eigenvalue weighted by Crippen LogP contribution is 2.24. The number of nitrogens with zero attached hydrogens (tertiary/aromatic N) is 2. The van der Waals surface area contributed by atoms with Crippen LogP contribution in [0.4, 0.5) is 5.69 Å². The molecule has 1 N–H and O–H groups in total. The number of benzene rings is 2. The zero-order valence-corrected chi connectivity index (χ0v) is 18.1. The molecule has 2 aromatic heterocycles. The van der Waals surface area contributed by atoms with E-state index in [1.807, 2.05) is 24.3 Å². The van der Waals surface area contributed by atoms with Crippen LogP contribution in [0.3, 0.4) is 0 Å². The van der Waals surface area contributed by atoms with Crippen molar-refractivity contribution in [2.45, 2.75) is 17.6 Å². The summed E-state index contributed by atoms with van der Waals surface area (Å²) in [4.78, 5) is 29.6. The number of amides is 1. The van der Waals surface area contributed by atoms with E-state index in [4.69, 9.17) is 20.9 Å². The number of nitrogens with one attached hydrogen (secondary N) is 1. The highest BCUT2D eigenvalue weighted by Gasteiger charge is 2.08. The number of hydrogen-bond donors (Lipinski definition) is 1. The topological polar surface area (TPSA) is 85.8 Å². The zero-order valence-electron chi connectivity index (χ0n) is 16.5. The van der Waals surface area contributed by atoms with Gasteiger partial charge in [0.15, 0.2) is 12.3 Å². The van der Waals surface area contributed by atoms with Crippen molar-refractivity contribution < 1.29 is 14.1 Å². The standard InChI is InChI=1S/C22H18ClN3O4S/c1-14-10-20-24-17(11-22(28)26(20)30-14)13-31-19-8-4-16(5-9-19)25-21(27)12-29-18-6-2-15(23)3-7-18/h2-11H,12-13H2,1H3,(H,25,27). The van der Waals surface area contributed by atoms with Gasteiger partial charge in [0, 0.05) is 33.5 Å². The summed E-state index contributed by atoms with van der Waals surface area (Å²) in [6, 6.07) is 17.4. The second-order valence-corrected chi connectivity index (χ2v) is 8.17. The number of aryl methyl sites for hydroxylation is 1. The summed E-state index contributed by atoms with van der Waals surface area (Å²) in [6.07, 6.45) is 0. The molecule has 0 bridgehead atoms. The van der Waals surface area contributed by atoms with Gasteiger partial charge < -0.3 is 14.6 Å². The lowest BCUT2D eigenvalue weighted by molar-refractivity contribution is -0.118. The summed E-state index contributed by atoms with van der Waals surface area (Å²) < 4.78 is 11.9. The Bertz CT molecular complexity index is 1270. The minimum atomic E-state index is -0.260. The molecule has 2 aromatic carbocycles. The normalized spacial score (nSPS) is 10.9. The summed E-state index contributed by atoms with van der Waals surface area (Å²) in [6.45, 7) is 1.67. The second kappa shape index (κ2) is 9.28. The summed E-state index contributed by atoms with van der Waals surface area (Å²) in [5, 5.41) is 3.39. The van der Waals surface area contributed by atoms with Gasteiger partial charge in [-0.2, -0.15) is 0 Å². The first-order valence-electron chi connectivity index (χ1n) is 9.37. The second-order valence-electron chi connectivity index (χ2n) is 6.69. The van der Waals surface area contributed by atoms with E-state index < -0.39 is 0 Å². The van der Waals surface area contributed by atoms with Gasteiger partial charge in [0.25, 0.3) is 11.5 Å². The van der Waals surface area contributed by atoms with E-state index in [-0.39, 0.29) is 18.1 Å². The fourth-order valence-corrected chi connectivity index (χ4v) is 3.73.